The van der Waals surface area contributed by atoms with Gasteiger partial charge in [0.1, 0.15) is 0 Å². The topological polar surface area (TPSA) is 42.2 Å². The second-order valence-electron chi connectivity index (χ2n) is 3.18. The van der Waals surface area contributed by atoms with E-state index in [0.717, 1.165) is 24.4 Å². The molecule has 0 saturated carbocycles. The maximum atomic E-state index is 4.46. The number of rotatable bonds is 3. The lowest BCUT2D eigenvalue weighted by Gasteiger charge is -2.01. The zero-order valence-corrected chi connectivity index (χ0v) is 8.49. The number of hydrogen-bond acceptors (Lipinski definition) is 3. The molecule has 2 aromatic rings. The molecule has 0 amide bonds. The van der Waals surface area contributed by atoms with Gasteiger partial charge in [-0.05, 0) is 19.5 Å². The number of fused-ring (bicyclic) bond motifs is 1. The van der Waals surface area contributed by atoms with Crippen molar-refractivity contribution < 1.29 is 0 Å². The summed E-state index contributed by atoms with van der Waals surface area (Å²) >= 11 is 0. The molecule has 0 fully saturated rings. The summed E-state index contributed by atoms with van der Waals surface area (Å²) in [5, 5.41) is 3.15. The molecule has 4 heteroatoms. The number of imidazole rings is 1. The molecule has 0 unspecified atom stereocenters. The van der Waals surface area contributed by atoms with Gasteiger partial charge < -0.3 is 5.32 Å². The van der Waals surface area contributed by atoms with Crippen LogP contribution in [0.4, 0.5) is 0 Å². The fourth-order valence-electron chi connectivity index (χ4n) is 1.62. The number of aromatic nitrogens is 3. The van der Waals surface area contributed by atoms with E-state index >= 15 is 0 Å². The summed E-state index contributed by atoms with van der Waals surface area (Å²) in [5.74, 6) is 0.787. The highest BCUT2D eigenvalue weighted by Crippen LogP contribution is 2.10. The Morgan fingerprint density at radius 3 is 3.07 bits per heavy atom. The Labute approximate surface area is 83.0 Å². The largest absolute Gasteiger partial charge is 0.314 e. The third-order valence-corrected chi connectivity index (χ3v) is 2.26. The first kappa shape index (κ1) is 9.15. The van der Waals surface area contributed by atoms with E-state index in [1.807, 2.05) is 23.7 Å². The van der Waals surface area contributed by atoms with Crippen LogP contribution in [0.2, 0.25) is 0 Å². The lowest BCUT2D eigenvalue weighted by atomic mass is 10.2. The van der Waals surface area contributed by atoms with Gasteiger partial charge in [-0.3, -0.25) is 4.40 Å². The van der Waals surface area contributed by atoms with Gasteiger partial charge in [0, 0.05) is 18.9 Å². The SMILES string of the molecule is CCc1nc2ncccn2c1CNC. The molecular weight excluding hydrogens is 176 g/mol. The predicted octanol–water partition coefficient (Wildman–Crippen LogP) is 1.01. The van der Waals surface area contributed by atoms with Gasteiger partial charge in [0.15, 0.2) is 0 Å². The molecule has 0 spiro atoms. The van der Waals surface area contributed by atoms with Crippen LogP contribution in [0.15, 0.2) is 18.5 Å². The Kier molecular flexibility index (Phi) is 2.45. The molecule has 0 aliphatic carbocycles. The smallest absolute Gasteiger partial charge is 0.234 e. The Bertz CT molecular complexity index is 433. The Balaban J connectivity index is 2.61. The van der Waals surface area contributed by atoms with E-state index in [1.54, 1.807) is 6.20 Å². The highest BCUT2D eigenvalue weighted by molar-refractivity contribution is 5.35. The van der Waals surface area contributed by atoms with Gasteiger partial charge in [0.05, 0.1) is 11.4 Å². The minimum atomic E-state index is 0.787. The molecule has 2 aromatic heterocycles. The molecule has 2 heterocycles. The van der Waals surface area contributed by atoms with Crippen molar-refractivity contribution in [2.24, 2.45) is 0 Å². The molecule has 0 aliphatic rings. The maximum absolute atomic E-state index is 4.46. The normalized spacial score (nSPS) is 11.0. The van der Waals surface area contributed by atoms with Gasteiger partial charge in [-0.1, -0.05) is 6.92 Å². The second-order valence-corrected chi connectivity index (χ2v) is 3.18. The molecule has 4 nitrogen and oxygen atoms in total. The summed E-state index contributed by atoms with van der Waals surface area (Å²) in [7, 11) is 1.94. The molecule has 14 heavy (non-hydrogen) atoms. The van der Waals surface area contributed by atoms with Crippen LogP contribution in [0, 0.1) is 0 Å². The van der Waals surface area contributed by atoms with E-state index in [9.17, 15) is 0 Å². The van der Waals surface area contributed by atoms with E-state index in [-0.39, 0.29) is 0 Å². The molecule has 0 aliphatic heterocycles. The average Bonchev–Trinajstić information content (AvgIpc) is 2.58. The zero-order valence-electron chi connectivity index (χ0n) is 8.49. The maximum Gasteiger partial charge on any atom is 0.234 e. The third kappa shape index (κ3) is 1.37. The third-order valence-electron chi connectivity index (χ3n) is 2.26. The quantitative estimate of drug-likeness (QED) is 0.785. The monoisotopic (exact) mass is 190 g/mol. The molecule has 74 valence electrons. The summed E-state index contributed by atoms with van der Waals surface area (Å²) in [6.07, 6.45) is 4.71. The van der Waals surface area contributed by atoms with Crippen LogP contribution in [-0.2, 0) is 13.0 Å². The zero-order chi connectivity index (χ0) is 9.97. The van der Waals surface area contributed by atoms with Gasteiger partial charge in [-0.2, -0.15) is 0 Å². The van der Waals surface area contributed by atoms with Crippen LogP contribution in [0.5, 0.6) is 0 Å². The first-order chi connectivity index (χ1) is 6.86. The molecule has 0 atom stereocenters. The lowest BCUT2D eigenvalue weighted by Crippen LogP contribution is -2.09. The van der Waals surface area contributed by atoms with Crippen molar-refractivity contribution in [3.8, 4) is 0 Å². The average molecular weight is 190 g/mol. The van der Waals surface area contributed by atoms with Crippen LogP contribution in [0.25, 0.3) is 5.78 Å². The van der Waals surface area contributed by atoms with Gasteiger partial charge in [-0.15, -0.1) is 0 Å². The molecule has 0 saturated heterocycles. The van der Waals surface area contributed by atoms with Gasteiger partial charge in [-0.25, -0.2) is 9.97 Å². The molecule has 0 aromatic carbocycles. The van der Waals surface area contributed by atoms with Crippen LogP contribution in [0.3, 0.4) is 0 Å². The van der Waals surface area contributed by atoms with Crippen LogP contribution < -0.4 is 5.32 Å². The van der Waals surface area contributed by atoms with E-state index in [4.69, 9.17) is 0 Å². The predicted molar refractivity (Wildman–Crippen MR) is 55.1 cm³/mol. The Morgan fingerprint density at radius 2 is 2.36 bits per heavy atom. The Morgan fingerprint density at radius 1 is 1.50 bits per heavy atom. The molecular formula is C10H14N4. The number of nitrogens with one attached hydrogen (secondary N) is 1. The van der Waals surface area contributed by atoms with Crippen molar-refractivity contribution in [2.75, 3.05) is 7.05 Å². The standard InChI is InChI=1S/C10H14N4/c1-3-8-9(7-11-2)14-6-4-5-12-10(14)13-8/h4-6,11H,3,7H2,1-2H3. The van der Waals surface area contributed by atoms with Crippen molar-refractivity contribution in [1.29, 1.82) is 0 Å². The van der Waals surface area contributed by atoms with Gasteiger partial charge in [0.2, 0.25) is 5.78 Å². The van der Waals surface area contributed by atoms with Crippen molar-refractivity contribution in [3.63, 3.8) is 0 Å². The summed E-state index contributed by atoms with van der Waals surface area (Å²) in [4.78, 5) is 8.68. The van der Waals surface area contributed by atoms with E-state index in [0.29, 0.717) is 0 Å². The van der Waals surface area contributed by atoms with Crippen molar-refractivity contribution >= 4 is 5.78 Å². The molecule has 0 bridgehead atoms. The number of hydrogen-bond donors (Lipinski definition) is 1. The first-order valence-electron chi connectivity index (χ1n) is 4.82. The molecule has 1 N–H and O–H groups in total. The molecule has 0 radical (unpaired) electrons. The van der Waals surface area contributed by atoms with Crippen LogP contribution in [-0.4, -0.2) is 21.4 Å². The molecule has 2 rings (SSSR count). The first-order valence-corrected chi connectivity index (χ1v) is 4.82. The van der Waals surface area contributed by atoms with Crippen LogP contribution >= 0.6 is 0 Å². The summed E-state index contributed by atoms with van der Waals surface area (Å²) in [6.45, 7) is 2.94. The minimum Gasteiger partial charge on any atom is -0.314 e. The minimum absolute atomic E-state index is 0.787. The van der Waals surface area contributed by atoms with Gasteiger partial charge >= 0.3 is 0 Å². The van der Waals surface area contributed by atoms with Crippen LogP contribution in [0.1, 0.15) is 18.3 Å². The lowest BCUT2D eigenvalue weighted by molar-refractivity contribution is 0.767. The van der Waals surface area contributed by atoms with Gasteiger partial charge in [0.25, 0.3) is 0 Å². The number of aryl methyl sites for hydroxylation is 1. The van der Waals surface area contributed by atoms with E-state index in [2.05, 4.69) is 22.2 Å². The second kappa shape index (κ2) is 3.75. The fraction of sp³-hybridized carbons (Fsp3) is 0.400. The van der Waals surface area contributed by atoms with E-state index in [1.165, 1.54) is 5.69 Å². The van der Waals surface area contributed by atoms with E-state index < -0.39 is 0 Å². The Hall–Kier alpha value is -1.42. The summed E-state index contributed by atoms with van der Waals surface area (Å²) in [5.41, 5.74) is 2.33. The highest BCUT2D eigenvalue weighted by atomic mass is 15.1. The fourth-order valence-corrected chi connectivity index (χ4v) is 1.62. The highest BCUT2D eigenvalue weighted by Gasteiger charge is 2.09. The summed E-state index contributed by atoms with van der Waals surface area (Å²) in [6, 6.07) is 1.92. The van der Waals surface area contributed by atoms with Crippen molar-refractivity contribution in [2.45, 2.75) is 19.9 Å². The summed E-state index contributed by atoms with van der Waals surface area (Å²) < 4.78 is 2.04. The van der Waals surface area contributed by atoms with Crippen molar-refractivity contribution in [3.05, 3.63) is 29.8 Å². The van der Waals surface area contributed by atoms with Crippen molar-refractivity contribution in [1.82, 2.24) is 19.7 Å². The number of nitrogens with zero attached hydrogens (tertiary/aromatic N) is 3.